The molecule has 0 heterocycles. The molecule has 6 nitrogen and oxygen atoms in total. The highest BCUT2D eigenvalue weighted by atomic mass is 16.5. The molecule has 0 radical (unpaired) electrons. The average molecular weight is 354 g/mol. The van der Waals surface area contributed by atoms with Gasteiger partial charge >= 0.3 is 5.97 Å². The van der Waals surface area contributed by atoms with Crippen LogP contribution in [0.25, 0.3) is 0 Å². The van der Waals surface area contributed by atoms with Crippen LogP contribution >= 0.6 is 0 Å². The molecule has 0 spiro atoms. The van der Waals surface area contributed by atoms with Crippen LogP contribution in [0.4, 0.5) is 0 Å². The highest BCUT2D eigenvalue weighted by Gasteiger charge is 2.22. The molecule has 0 aliphatic carbocycles. The molecule has 2 N–H and O–H groups in total. The monoisotopic (exact) mass is 354 g/mol. The van der Waals surface area contributed by atoms with Crippen molar-refractivity contribution in [2.75, 3.05) is 13.7 Å². The first-order chi connectivity index (χ1) is 12.5. The summed E-state index contributed by atoms with van der Waals surface area (Å²) in [5.74, 6) is -1.35. The molecule has 26 heavy (non-hydrogen) atoms. The van der Waals surface area contributed by atoms with Gasteiger partial charge in [0, 0.05) is 12.0 Å². The van der Waals surface area contributed by atoms with E-state index in [2.05, 4.69) is 10.6 Å². The van der Waals surface area contributed by atoms with Crippen LogP contribution in [0.5, 0.6) is 0 Å². The van der Waals surface area contributed by atoms with Crippen molar-refractivity contribution in [3.63, 3.8) is 0 Å². The predicted octanol–water partition coefficient (Wildman–Crippen LogP) is 1.63. The number of amides is 2. The van der Waals surface area contributed by atoms with E-state index < -0.39 is 17.9 Å². The van der Waals surface area contributed by atoms with Gasteiger partial charge in [-0.25, -0.2) is 4.79 Å². The van der Waals surface area contributed by atoms with Gasteiger partial charge < -0.3 is 15.4 Å². The second-order valence-corrected chi connectivity index (χ2v) is 5.88. The predicted molar refractivity (Wildman–Crippen MR) is 97.6 cm³/mol. The minimum absolute atomic E-state index is 0.227. The fraction of sp³-hybridized carbons (Fsp3) is 0.250. The Morgan fingerprint density at radius 3 is 2.27 bits per heavy atom. The number of aryl methyl sites for hydroxylation is 1. The van der Waals surface area contributed by atoms with Crippen LogP contribution in [0.2, 0.25) is 0 Å². The molecular weight excluding hydrogens is 332 g/mol. The van der Waals surface area contributed by atoms with Crippen LogP contribution in [0.3, 0.4) is 0 Å². The van der Waals surface area contributed by atoms with E-state index in [0.717, 1.165) is 11.1 Å². The molecule has 0 aliphatic heterocycles. The highest BCUT2D eigenvalue weighted by Crippen LogP contribution is 2.07. The van der Waals surface area contributed by atoms with Gasteiger partial charge in [0.25, 0.3) is 5.91 Å². The zero-order valence-corrected chi connectivity index (χ0v) is 14.8. The van der Waals surface area contributed by atoms with Crippen LogP contribution in [-0.2, 0) is 20.7 Å². The standard InChI is InChI=1S/C20H22N2O4/c1-14-8-10-15(11-9-14)12-17(20(25)26-2)22-18(23)13-21-19(24)16-6-4-3-5-7-16/h3-11,17H,12-13H2,1-2H3,(H,21,24)(H,22,23)/t17-/m1/s1. The molecule has 2 aromatic carbocycles. The molecule has 0 saturated carbocycles. The van der Waals surface area contributed by atoms with Gasteiger partial charge in [0.05, 0.1) is 13.7 Å². The number of esters is 1. The van der Waals surface area contributed by atoms with Gasteiger partial charge in [0.2, 0.25) is 5.91 Å². The Morgan fingerprint density at radius 1 is 1.00 bits per heavy atom. The summed E-state index contributed by atoms with van der Waals surface area (Å²) in [6, 6.07) is 15.4. The number of carbonyl (C=O) groups excluding carboxylic acids is 3. The van der Waals surface area contributed by atoms with E-state index in [1.54, 1.807) is 30.3 Å². The number of benzene rings is 2. The van der Waals surface area contributed by atoms with Crippen LogP contribution in [0.1, 0.15) is 21.5 Å². The second kappa shape index (κ2) is 9.36. The number of methoxy groups -OCH3 is 1. The van der Waals surface area contributed by atoms with Gasteiger partial charge in [-0.05, 0) is 24.6 Å². The summed E-state index contributed by atoms with van der Waals surface area (Å²) < 4.78 is 4.76. The van der Waals surface area contributed by atoms with Crippen molar-refractivity contribution in [3.05, 3.63) is 71.3 Å². The van der Waals surface area contributed by atoms with Crippen LogP contribution in [0.15, 0.2) is 54.6 Å². The first-order valence-corrected chi connectivity index (χ1v) is 8.25. The maximum atomic E-state index is 12.1. The van der Waals surface area contributed by atoms with Crippen molar-refractivity contribution >= 4 is 17.8 Å². The number of hydrogen-bond acceptors (Lipinski definition) is 4. The molecule has 136 valence electrons. The van der Waals surface area contributed by atoms with Crippen LogP contribution in [0, 0.1) is 6.92 Å². The van der Waals surface area contributed by atoms with Gasteiger partial charge in [-0.3, -0.25) is 9.59 Å². The van der Waals surface area contributed by atoms with Gasteiger partial charge in [-0.15, -0.1) is 0 Å². The number of rotatable bonds is 7. The van der Waals surface area contributed by atoms with Crippen LogP contribution in [-0.4, -0.2) is 37.5 Å². The van der Waals surface area contributed by atoms with Crippen molar-refractivity contribution < 1.29 is 19.1 Å². The summed E-state index contributed by atoms with van der Waals surface area (Å²) in [6.07, 6.45) is 0.311. The SMILES string of the molecule is COC(=O)[C@@H](Cc1ccc(C)cc1)NC(=O)CNC(=O)c1ccccc1. The van der Waals surface area contributed by atoms with Crippen molar-refractivity contribution in [1.82, 2.24) is 10.6 Å². The lowest BCUT2D eigenvalue weighted by molar-refractivity contribution is -0.144. The second-order valence-electron chi connectivity index (χ2n) is 5.88. The normalized spacial score (nSPS) is 11.3. The Morgan fingerprint density at radius 2 is 1.65 bits per heavy atom. The summed E-state index contributed by atoms with van der Waals surface area (Å²) in [5.41, 5.74) is 2.47. The fourth-order valence-electron chi connectivity index (χ4n) is 2.39. The Hall–Kier alpha value is -3.15. The lowest BCUT2D eigenvalue weighted by atomic mass is 10.0. The molecule has 0 aliphatic rings. The lowest BCUT2D eigenvalue weighted by Gasteiger charge is -2.17. The third-order valence-electron chi connectivity index (χ3n) is 3.83. The third-order valence-corrected chi connectivity index (χ3v) is 3.83. The summed E-state index contributed by atoms with van der Waals surface area (Å²) in [6.45, 7) is 1.74. The quantitative estimate of drug-likeness (QED) is 0.740. The molecule has 0 aromatic heterocycles. The lowest BCUT2D eigenvalue weighted by Crippen LogP contribution is -2.47. The van der Waals surface area contributed by atoms with E-state index in [-0.39, 0.29) is 12.5 Å². The molecule has 2 amide bonds. The summed E-state index contributed by atoms with van der Waals surface area (Å²) >= 11 is 0. The Bertz CT molecular complexity index is 757. The molecule has 0 saturated heterocycles. The van der Waals surface area contributed by atoms with Crippen molar-refractivity contribution in [1.29, 1.82) is 0 Å². The number of nitrogens with one attached hydrogen (secondary N) is 2. The molecule has 2 aromatic rings. The average Bonchev–Trinajstić information content (AvgIpc) is 2.67. The van der Waals surface area contributed by atoms with E-state index in [1.165, 1.54) is 7.11 Å². The smallest absolute Gasteiger partial charge is 0.328 e. The Balaban J connectivity index is 1.92. The molecule has 6 heteroatoms. The minimum Gasteiger partial charge on any atom is -0.467 e. The van der Waals surface area contributed by atoms with E-state index in [4.69, 9.17) is 4.74 Å². The van der Waals surface area contributed by atoms with Gasteiger partial charge in [-0.2, -0.15) is 0 Å². The first kappa shape index (κ1) is 19.2. The van der Waals surface area contributed by atoms with E-state index in [0.29, 0.717) is 12.0 Å². The maximum Gasteiger partial charge on any atom is 0.328 e. The number of hydrogen-bond donors (Lipinski definition) is 2. The zero-order chi connectivity index (χ0) is 18.9. The first-order valence-electron chi connectivity index (χ1n) is 8.25. The molecule has 0 fully saturated rings. The van der Waals surface area contributed by atoms with Crippen LogP contribution < -0.4 is 10.6 Å². The van der Waals surface area contributed by atoms with Gasteiger partial charge in [0.15, 0.2) is 0 Å². The van der Waals surface area contributed by atoms with E-state index in [1.807, 2.05) is 31.2 Å². The topological polar surface area (TPSA) is 84.5 Å². The van der Waals surface area contributed by atoms with Gasteiger partial charge in [0.1, 0.15) is 6.04 Å². The van der Waals surface area contributed by atoms with Crippen molar-refractivity contribution in [2.45, 2.75) is 19.4 Å². The minimum atomic E-state index is -0.816. The summed E-state index contributed by atoms with van der Waals surface area (Å²) in [7, 11) is 1.27. The van der Waals surface area contributed by atoms with Crippen molar-refractivity contribution in [3.8, 4) is 0 Å². The highest BCUT2D eigenvalue weighted by molar-refractivity contribution is 5.96. The summed E-state index contributed by atoms with van der Waals surface area (Å²) in [4.78, 5) is 36.0. The largest absolute Gasteiger partial charge is 0.467 e. The molecule has 2 rings (SSSR count). The Kier molecular flexibility index (Phi) is 6.91. The molecule has 1 atom stereocenters. The van der Waals surface area contributed by atoms with Crippen molar-refractivity contribution in [2.24, 2.45) is 0 Å². The van der Waals surface area contributed by atoms with E-state index >= 15 is 0 Å². The molecular formula is C20H22N2O4. The Labute approximate surface area is 152 Å². The fourth-order valence-corrected chi connectivity index (χ4v) is 2.39. The zero-order valence-electron chi connectivity index (χ0n) is 14.8. The maximum absolute atomic E-state index is 12.1. The molecule has 0 bridgehead atoms. The summed E-state index contributed by atoms with van der Waals surface area (Å²) in [5, 5.41) is 5.14. The number of carbonyl (C=O) groups is 3. The molecule has 0 unspecified atom stereocenters. The third kappa shape index (κ3) is 5.73. The van der Waals surface area contributed by atoms with Gasteiger partial charge in [-0.1, -0.05) is 48.0 Å². The number of ether oxygens (including phenoxy) is 1. The van der Waals surface area contributed by atoms with E-state index in [9.17, 15) is 14.4 Å².